The van der Waals surface area contributed by atoms with Crippen LogP contribution in [0.25, 0.3) is 0 Å². The molecule has 0 aliphatic heterocycles. The molecular formula is C17H17Cl2N3O4S. The SMILES string of the molecule is CC(=NNC(=O)CN(c1cc(Cl)ccc1Cl)S(C)(=O)=O)c1ccccc1O. The third-order valence-corrected chi connectivity index (χ3v) is 5.19. The Morgan fingerprint density at radius 1 is 1.22 bits per heavy atom. The number of aromatic hydroxyl groups is 1. The van der Waals surface area contributed by atoms with Gasteiger partial charge in [0.15, 0.2) is 0 Å². The summed E-state index contributed by atoms with van der Waals surface area (Å²) in [7, 11) is -3.81. The summed E-state index contributed by atoms with van der Waals surface area (Å²) >= 11 is 12.0. The Hall–Kier alpha value is -2.29. The lowest BCUT2D eigenvalue weighted by Gasteiger charge is -2.22. The Balaban J connectivity index is 2.21. The van der Waals surface area contributed by atoms with E-state index in [0.717, 1.165) is 10.6 Å². The van der Waals surface area contributed by atoms with E-state index in [-0.39, 0.29) is 21.5 Å². The molecule has 0 aliphatic carbocycles. The quantitative estimate of drug-likeness (QED) is 0.544. The van der Waals surface area contributed by atoms with Gasteiger partial charge in [-0.05, 0) is 37.3 Å². The number of carbonyl (C=O) groups is 1. The van der Waals surface area contributed by atoms with Gasteiger partial charge in [-0.2, -0.15) is 5.10 Å². The molecule has 0 radical (unpaired) electrons. The van der Waals surface area contributed by atoms with Gasteiger partial charge in [-0.3, -0.25) is 9.10 Å². The second-order valence-corrected chi connectivity index (χ2v) is 8.37. The Morgan fingerprint density at radius 2 is 1.89 bits per heavy atom. The number of benzene rings is 2. The molecule has 0 unspecified atom stereocenters. The van der Waals surface area contributed by atoms with Crippen LogP contribution in [0, 0.1) is 0 Å². The average Bonchev–Trinajstić information content (AvgIpc) is 2.59. The van der Waals surface area contributed by atoms with Gasteiger partial charge in [0, 0.05) is 10.6 Å². The summed E-state index contributed by atoms with van der Waals surface area (Å²) in [5.74, 6) is -0.678. The van der Waals surface area contributed by atoms with E-state index < -0.39 is 22.5 Å². The predicted octanol–water partition coefficient (Wildman–Crippen LogP) is 3.01. The maximum atomic E-state index is 12.2. The van der Waals surface area contributed by atoms with Crippen LogP contribution >= 0.6 is 23.2 Å². The van der Waals surface area contributed by atoms with E-state index in [0.29, 0.717) is 11.3 Å². The van der Waals surface area contributed by atoms with E-state index in [9.17, 15) is 18.3 Å². The van der Waals surface area contributed by atoms with Gasteiger partial charge >= 0.3 is 0 Å². The van der Waals surface area contributed by atoms with Crippen LogP contribution in [0.15, 0.2) is 47.6 Å². The highest BCUT2D eigenvalue weighted by atomic mass is 35.5. The van der Waals surface area contributed by atoms with E-state index >= 15 is 0 Å². The normalized spacial score (nSPS) is 11.9. The highest BCUT2D eigenvalue weighted by Crippen LogP contribution is 2.30. The second-order valence-electron chi connectivity index (χ2n) is 5.61. The first-order chi connectivity index (χ1) is 12.6. The average molecular weight is 430 g/mol. The lowest BCUT2D eigenvalue weighted by atomic mass is 10.1. The van der Waals surface area contributed by atoms with Crippen molar-refractivity contribution in [2.45, 2.75) is 6.92 Å². The van der Waals surface area contributed by atoms with Gasteiger partial charge in [0.1, 0.15) is 12.3 Å². The fourth-order valence-corrected chi connectivity index (χ4v) is 3.51. The van der Waals surface area contributed by atoms with E-state index in [1.165, 1.54) is 24.3 Å². The van der Waals surface area contributed by atoms with E-state index in [4.69, 9.17) is 23.2 Å². The van der Waals surface area contributed by atoms with Crippen molar-refractivity contribution in [3.05, 3.63) is 58.1 Å². The topological polar surface area (TPSA) is 99.1 Å². The van der Waals surface area contributed by atoms with Gasteiger partial charge in [-0.25, -0.2) is 13.8 Å². The predicted molar refractivity (Wildman–Crippen MR) is 107 cm³/mol. The number of rotatable bonds is 6. The smallest absolute Gasteiger partial charge is 0.260 e. The largest absolute Gasteiger partial charge is 0.507 e. The zero-order chi connectivity index (χ0) is 20.2. The molecule has 2 aromatic carbocycles. The van der Waals surface area contributed by atoms with Crippen LogP contribution in [0.3, 0.4) is 0 Å². The van der Waals surface area contributed by atoms with Crippen molar-refractivity contribution < 1.29 is 18.3 Å². The third-order valence-electron chi connectivity index (χ3n) is 3.51. The van der Waals surface area contributed by atoms with E-state index in [2.05, 4.69) is 10.5 Å². The monoisotopic (exact) mass is 429 g/mol. The Kier molecular flexibility index (Phi) is 6.69. The molecule has 0 atom stereocenters. The fraction of sp³-hybridized carbons (Fsp3) is 0.176. The van der Waals surface area contributed by atoms with E-state index in [1.807, 2.05) is 0 Å². The molecule has 0 aliphatic rings. The van der Waals surface area contributed by atoms with Gasteiger partial charge in [0.2, 0.25) is 10.0 Å². The first-order valence-corrected chi connectivity index (χ1v) is 10.2. The van der Waals surface area contributed by atoms with Gasteiger partial charge < -0.3 is 5.11 Å². The molecule has 0 saturated heterocycles. The molecule has 10 heteroatoms. The molecule has 2 N–H and O–H groups in total. The van der Waals surface area contributed by atoms with Gasteiger partial charge in [-0.1, -0.05) is 35.3 Å². The molecule has 1 amide bonds. The summed E-state index contributed by atoms with van der Waals surface area (Å²) in [4.78, 5) is 12.2. The third kappa shape index (κ3) is 5.59. The van der Waals surface area contributed by atoms with Crippen LogP contribution < -0.4 is 9.73 Å². The van der Waals surface area contributed by atoms with Crippen molar-refractivity contribution in [2.24, 2.45) is 5.10 Å². The molecule has 2 aromatic rings. The maximum absolute atomic E-state index is 12.2. The van der Waals surface area contributed by atoms with Crippen molar-refractivity contribution in [3.8, 4) is 5.75 Å². The van der Waals surface area contributed by atoms with Gasteiger partial charge in [0.25, 0.3) is 5.91 Å². The number of nitrogens with zero attached hydrogens (tertiary/aromatic N) is 2. The molecule has 0 aromatic heterocycles. The van der Waals surface area contributed by atoms with Crippen LogP contribution in [-0.2, 0) is 14.8 Å². The highest BCUT2D eigenvalue weighted by molar-refractivity contribution is 7.92. The Labute approximate surface area is 167 Å². The van der Waals surface area contributed by atoms with Crippen LogP contribution in [0.1, 0.15) is 12.5 Å². The number of hydrazone groups is 1. The van der Waals surface area contributed by atoms with Crippen molar-refractivity contribution >= 4 is 50.5 Å². The van der Waals surface area contributed by atoms with Crippen molar-refractivity contribution in [1.29, 1.82) is 0 Å². The molecule has 0 bridgehead atoms. The number of amides is 1. The van der Waals surface area contributed by atoms with Crippen LogP contribution in [0.2, 0.25) is 10.0 Å². The van der Waals surface area contributed by atoms with Gasteiger partial charge in [-0.15, -0.1) is 0 Å². The number of phenolic OH excluding ortho intramolecular Hbond substituents is 1. The standard InChI is InChI=1S/C17H17Cl2N3O4S/c1-11(13-5-3-4-6-16(13)23)20-21-17(24)10-22(27(2,25)26)15-9-12(18)7-8-14(15)19/h3-9,23H,10H2,1-2H3,(H,21,24). The Morgan fingerprint density at radius 3 is 2.52 bits per heavy atom. The number of para-hydroxylation sites is 1. The lowest BCUT2D eigenvalue weighted by Crippen LogP contribution is -2.39. The molecule has 27 heavy (non-hydrogen) atoms. The molecule has 0 spiro atoms. The number of phenols is 1. The molecular weight excluding hydrogens is 413 g/mol. The summed E-state index contributed by atoms with van der Waals surface area (Å²) in [6, 6.07) is 10.8. The van der Waals surface area contributed by atoms with Crippen LogP contribution in [0.4, 0.5) is 5.69 Å². The minimum absolute atomic E-state index is 0.0106. The highest BCUT2D eigenvalue weighted by Gasteiger charge is 2.23. The van der Waals surface area contributed by atoms with Crippen molar-refractivity contribution in [3.63, 3.8) is 0 Å². The minimum atomic E-state index is -3.81. The number of hydrogen-bond acceptors (Lipinski definition) is 5. The summed E-state index contributed by atoms with van der Waals surface area (Å²) < 4.78 is 25.1. The minimum Gasteiger partial charge on any atom is -0.507 e. The molecule has 144 valence electrons. The molecule has 0 fully saturated rings. The Bertz CT molecular complexity index is 993. The zero-order valence-electron chi connectivity index (χ0n) is 14.5. The van der Waals surface area contributed by atoms with Crippen molar-refractivity contribution in [1.82, 2.24) is 5.43 Å². The van der Waals surface area contributed by atoms with Crippen LogP contribution in [0.5, 0.6) is 5.75 Å². The molecule has 2 rings (SSSR count). The fourth-order valence-electron chi connectivity index (χ4n) is 2.21. The number of halogens is 2. The molecule has 0 saturated carbocycles. The first-order valence-electron chi connectivity index (χ1n) is 7.64. The van der Waals surface area contributed by atoms with E-state index in [1.54, 1.807) is 25.1 Å². The number of anilines is 1. The number of sulfonamides is 1. The molecule has 7 nitrogen and oxygen atoms in total. The van der Waals surface area contributed by atoms with Crippen molar-refractivity contribution in [2.75, 3.05) is 17.1 Å². The zero-order valence-corrected chi connectivity index (χ0v) is 16.8. The molecule has 0 heterocycles. The van der Waals surface area contributed by atoms with Gasteiger partial charge in [0.05, 0.1) is 22.7 Å². The summed E-state index contributed by atoms with van der Waals surface area (Å²) in [6.07, 6.45) is 0.952. The van der Waals surface area contributed by atoms with Crippen LogP contribution in [-0.4, -0.2) is 37.9 Å². The second kappa shape index (κ2) is 8.60. The maximum Gasteiger partial charge on any atom is 0.260 e. The number of carbonyl (C=O) groups excluding carboxylic acids is 1. The summed E-state index contributed by atoms with van der Waals surface area (Å²) in [6.45, 7) is 1.05. The summed E-state index contributed by atoms with van der Waals surface area (Å²) in [5, 5.41) is 14.1. The number of hydrogen-bond donors (Lipinski definition) is 2. The first kappa shape index (κ1) is 21.0. The summed E-state index contributed by atoms with van der Waals surface area (Å²) in [5.41, 5.74) is 3.15. The lowest BCUT2D eigenvalue weighted by molar-refractivity contribution is -0.119. The number of nitrogens with one attached hydrogen (secondary N) is 1.